The van der Waals surface area contributed by atoms with Crippen molar-refractivity contribution in [3.05, 3.63) is 84.2 Å². The van der Waals surface area contributed by atoms with E-state index in [0.29, 0.717) is 28.7 Å². The van der Waals surface area contributed by atoms with E-state index in [4.69, 9.17) is 17.0 Å². The number of thiocarbonyl (C=S) groups is 1. The van der Waals surface area contributed by atoms with E-state index >= 15 is 0 Å². The van der Waals surface area contributed by atoms with Crippen molar-refractivity contribution in [3.8, 4) is 5.75 Å². The van der Waals surface area contributed by atoms with Crippen molar-refractivity contribution in [2.45, 2.75) is 6.92 Å². The van der Waals surface area contributed by atoms with E-state index in [9.17, 15) is 9.18 Å². The van der Waals surface area contributed by atoms with Crippen LogP contribution in [0.3, 0.4) is 0 Å². The van der Waals surface area contributed by atoms with Crippen LogP contribution in [0.5, 0.6) is 5.75 Å². The van der Waals surface area contributed by atoms with Crippen LogP contribution in [-0.4, -0.2) is 17.6 Å². The molecule has 0 bridgehead atoms. The highest BCUT2D eigenvalue weighted by molar-refractivity contribution is 7.80. The topological polar surface area (TPSA) is 62.4 Å². The molecule has 0 aliphatic rings. The molecule has 7 heteroatoms. The molecular formula is C22H20FN3O2S. The summed E-state index contributed by atoms with van der Waals surface area (Å²) in [6.07, 6.45) is 0. The van der Waals surface area contributed by atoms with E-state index in [1.165, 1.54) is 12.1 Å². The van der Waals surface area contributed by atoms with Crippen LogP contribution in [0.15, 0.2) is 72.8 Å². The predicted molar refractivity (Wildman–Crippen MR) is 118 cm³/mol. The third-order valence-electron chi connectivity index (χ3n) is 3.93. The van der Waals surface area contributed by atoms with E-state index in [-0.39, 0.29) is 11.7 Å². The zero-order chi connectivity index (χ0) is 20.6. The minimum atomic E-state index is -0.312. The second kappa shape index (κ2) is 9.66. The Bertz CT molecular complexity index is 974. The van der Waals surface area contributed by atoms with Gasteiger partial charge < -0.3 is 20.7 Å². The molecule has 3 aromatic rings. The number of nitrogens with one attached hydrogen (secondary N) is 3. The zero-order valence-corrected chi connectivity index (χ0v) is 16.6. The Hall–Kier alpha value is -3.45. The highest BCUT2D eigenvalue weighted by atomic mass is 32.1. The number of anilines is 3. The summed E-state index contributed by atoms with van der Waals surface area (Å²) < 4.78 is 18.3. The Morgan fingerprint density at radius 3 is 1.86 bits per heavy atom. The van der Waals surface area contributed by atoms with Crippen LogP contribution in [0.1, 0.15) is 17.3 Å². The van der Waals surface area contributed by atoms with Crippen LogP contribution in [0.2, 0.25) is 0 Å². The molecule has 0 atom stereocenters. The van der Waals surface area contributed by atoms with Crippen LogP contribution < -0.4 is 20.7 Å². The molecule has 3 aromatic carbocycles. The molecule has 0 spiro atoms. The van der Waals surface area contributed by atoms with Crippen LogP contribution in [0.4, 0.5) is 21.5 Å². The number of carbonyl (C=O) groups is 1. The SMILES string of the molecule is CCOc1ccc(NC(=O)c2ccc(NC(=S)Nc3ccc(F)cc3)cc2)cc1. The average molecular weight is 409 g/mol. The maximum atomic E-state index is 12.9. The first-order chi connectivity index (χ1) is 14.0. The highest BCUT2D eigenvalue weighted by Crippen LogP contribution is 2.17. The molecule has 0 saturated carbocycles. The van der Waals surface area contributed by atoms with Crippen LogP contribution in [-0.2, 0) is 0 Å². The minimum Gasteiger partial charge on any atom is -0.494 e. The molecule has 148 valence electrons. The van der Waals surface area contributed by atoms with Crippen molar-refractivity contribution in [3.63, 3.8) is 0 Å². The average Bonchev–Trinajstić information content (AvgIpc) is 2.72. The number of ether oxygens (including phenoxy) is 1. The van der Waals surface area contributed by atoms with Crippen molar-refractivity contribution in [2.75, 3.05) is 22.6 Å². The number of benzene rings is 3. The lowest BCUT2D eigenvalue weighted by Crippen LogP contribution is -2.19. The number of rotatable bonds is 6. The lowest BCUT2D eigenvalue weighted by atomic mass is 10.2. The molecule has 0 unspecified atom stereocenters. The van der Waals surface area contributed by atoms with E-state index in [1.54, 1.807) is 60.7 Å². The van der Waals surface area contributed by atoms with Gasteiger partial charge in [0, 0.05) is 22.6 Å². The Balaban J connectivity index is 1.55. The van der Waals surface area contributed by atoms with E-state index in [1.807, 2.05) is 6.92 Å². The van der Waals surface area contributed by atoms with Gasteiger partial charge in [0.05, 0.1) is 6.61 Å². The molecule has 0 aliphatic heterocycles. The highest BCUT2D eigenvalue weighted by Gasteiger charge is 2.07. The minimum absolute atomic E-state index is 0.215. The standard InChI is InChI=1S/C22H20FN3O2S/c1-2-28-20-13-11-17(12-14-20)24-21(27)15-3-7-18(8-4-15)25-22(29)26-19-9-5-16(23)6-10-19/h3-14H,2H2,1H3,(H,24,27)(H2,25,26,29). The van der Waals surface area contributed by atoms with Gasteiger partial charge in [-0.05, 0) is 91.9 Å². The maximum absolute atomic E-state index is 12.9. The van der Waals surface area contributed by atoms with Gasteiger partial charge in [0.25, 0.3) is 5.91 Å². The molecule has 0 aromatic heterocycles. The predicted octanol–water partition coefficient (Wildman–Crippen LogP) is 5.29. The second-order valence-corrected chi connectivity index (χ2v) is 6.48. The van der Waals surface area contributed by atoms with Gasteiger partial charge in [0.15, 0.2) is 5.11 Å². The molecule has 3 rings (SSSR count). The fourth-order valence-corrected chi connectivity index (χ4v) is 2.77. The molecule has 0 saturated heterocycles. The van der Waals surface area contributed by atoms with E-state index in [2.05, 4.69) is 16.0 Å². The molecule has 0 radical (unpaired) electrons. The number of carbonyl (C=O) groups excluding carboxylic acids is 1. The summed E-state index contributed by atoms with van der Waals surface area (Å²) in [6.45, 7) is 2.51. The summed E-state index contributed by atoms with van der Waals surface area (Å²) in [4.78, 5) is 12.4. The second-order valence-electron chi connectivity index (χ2n) is 6.07. The van der Waals surface area contributed by atoms with Crippen LogP contribution in [0, 0.1) is 5.82 Å². The summed E-state index contributed by atoms with van der Waals surface area (Å²) in [5.41, 5.74) is 2.60. The van der Waals surface area contributed by atoms with Crippen molar-refractivity contribution >= 4 is 40.3 Å². The smallest absolute Gasteiger partial charge is 0.255 e. The summed E-state index contributed by atoms with van der Waals surface area (Å²) in [5.74, 6) is 0.229. The van der Waals surface area contributed by atoms with Gasteiger partial charge in [-0.1, -0.05) is 0 Å². The number of halogens is 1. The number of hydrogen-bond donors (Lipinski definition) is 3. The van der Waals surface area contributed by atoms with Gasteiger partial charge in [-0.3, -0.25) is 4.79 Å². The normalized spacial score (nSPS) is 10.1. The van der Waals surface area contributed by atoms with Gasteiger partial charge in [-0.25, -0.2) is 4.39 Å². The Kier molecular flexibility index (Phi) is 6.76. The Morgan fingerprint density at radius 2 is 1.31 bits per heavy atom. The van der Waals surface area contributed by atoms with Gasteiger partial charge in [-0.2, -0.15) is 0 Å². The first-order valence-corrected chi connectivity index (χ1v) is 9.42. The van der Waals surface area contributed by atoms with Gasteiger partial charge in [-0.15, -0.1) is 0 Å². The van der Waals surface area contributed by atoms with Crippen LogP contribution >= 0.6 is 12.2 Å². The number of hydrogen-bond acceptors (Lipinski definition) is 3. The third-order valence-corrected chi connectivity index (χ3v) is 4.13. The molecule has 1 amide bonds. The first-order valence-electron chi connectivity index (χ1n) is 9.01. The Labute approximate surface area is 173 Å². The van der Waals surface area contributed by atoms with Gasteiger partial charge >= 0.3 is 0 Å². The molecule has 0 aliphatic carbocycles. The van der Waals surface area contributed by atoms with Gasteiger partial charge in [0.1, 0.15) is 11.6 Å². The van der Waals surface area contributed by atoms with Crippen molar-refractivity contribution in [2.24, 2.45) is 0 Å². The van der Waals surface area contributed by atoms with Crippen molar-refractivity contribution in [1.82, 2.24) is 0 Å². The molecule has 0 heterocycles. The fraction of sp³-hybridized carbons (Fsp3) is 0.0909. The van der Waals surface area contributed by atoms with E-state index in [0.717, 1.165) is 11.4 Å². The molecule has 29 heavy (non-hydrogen) atoms. The summed E-state index contributed by atoms with van der Waals surface area (Å²) >= 11 is 5.25. The lowest BCUT2D eigenvalue weighted by molar-refractivity contribution is 0.102. The monoisotopic (exact) mass is 409 g/mol. The maximum Gasteiger partial charge on any atom is 0.255 e. The van der Waals surface area contributed by atoms with Gasteiger partial charge in [0.2, 0.25) is 0 Å². The Morgan fingerprint density at radius 1 is 0.828 bits per heavy atom. The molecule has 0 fully saturated rings. The molecule has 5 nitrogen and oxygen atoms in total. The van der Waals surface area contributed by atoms with Crippen LogP contribution in [0.25, 0.3) is 0 Å². The third kappa shape index (κ3) is 6.02. The summed E-state index contributed by atoms with van der Waals surface area (Å²) in [7, 11) is 0. The largest absolute Gasteiger partial charge is 0.494 e. The lowest BCUT2D eigenvalue weighted by Gasteiger charge is -2.11. The fourth-order valence-electron chi connectivity index (χ4n) is 2.54. The summed E-state index contributed by atoms with van der Waals surface area (Å²) in [6, 6.07) is 20.0. The molecule has 3 N–H and O–H groups in total. The van der Waals surface area contributed by atoms with Crippen molar-refractivity contribution in [1.29, 1.82) is 0 Å². The van der Waals surface area contributed by atoms with Crippen molar-refractivity contribution < 1.29 is 13.9 Å². The zero-order valence-electron chi connectivity index (χ0n) is 15.7. The number of amides is 1. The molecular weight excluding hydrogens is 389 g/mol. The quantitative estimate of drug-likeness (QED) is 0.483. The first kappa shape index (κ1) is 20.3. The van der Waals surface area contributed by atoms with E-state index < -0.39 is 0 Å². The summed E-state index contributed by atoms with van der Waals surface area (Å²) in [5, 5.41) is 9.19.